The molecule has 5 heteroatoms. The zero-order valence-corrected chi connectivity index (χ0v) is 13.8. The molecule has 0 aromatic heterocycles. The molecule has 1 amide bonds. The zero-order chi connectivity index (χ0) is 15.8. The summed E-state index contributed by atoms with van der Waals surface area (Å²) < 4.78 is 23.0. The molecule has 0 bridgehead atoms. The van der Waals surface area contributed by atoms with Crippen LogP contribution in [-0.4, -0.2) is 32.9 Å². The molecule has 1 atom stereocenters. The van der Waals surface area contributed by atoms with E-state index >= 15 is 0 Å². The van der Waals surface area contributed by atoms with Crippen LogP contribution in [0.1, 0.15) is 42.7 Å². The van der Waals surface area contributed by atoms with Crippen LogP contribution in [-0.2, 0) is 21.1 Å². The van der Waals surface area contributed by atoms with Crippen LogP contribution >= 0.6 is 0 Å². The van der Waals surface area contributed by atoms with Gasteiger partial charge in [-0.2, -0.15) is 0 Å². The first-order chi connectivity index (χ1) is 10.4. The number of amides is 1. The molecule has 1 fully saturated rings. The molecule has 0 spiro atoms. The quantitative estimate of drug-likeness (QED) is 0.903. The lowest BCUT2D eigenvalue weighted by Gasteiger charge is -2.25. The number of hydrogen-bond acceptors (Lipinski definition) is 3. The molecule has 0 unspecified atom stereocenters. The lowest BCUT2D eigenvalue weighted by molar-refractivity contribution is -0.123. The summed E-state index contributed by atoms with van der Waals surface area (Å²) in [5.41, 5.74) is 2.20. The molecule has 1 aromatic carbocycles. The molecule has 120 valence electrons. The molecular formula is C17H23NO3S. The monoisotopic (exact) mass is 321 g/mol. The second kappa shape index (κ2) is 5.69. The molecule has 0 saturated heterocycles. The van der Waals surface area contributed by atoms with Crippen molar-refractivity contribution in [2.75, 3.05) is 18.6 Å². The fraction of sp³-hybridized carbons (Fsp3) is 0.588. The molecule has 1 aromatic rings. The third-order valence-corrected chi connectivity index (χ3v) is 5.99. The van der Waals surface area contributed by atoms with E-state index in [4.69, 9.17) is 0 Å². The summed E-state index contributed by atoms with van der Waals surface area (Å²) in [4.78, 5) is 12.5. The van der Waals surface area contributed by atoms with Crippen LogP contribution in [0.15, 0.2) is 24.3 Å². The van der Waals surface area contributed by atoms with Gasteiger partial charge in [0.25, 0.3) is 0 Å². The summed E-state index contributed by atoms with van der Waals surface area (Å²) in [6.07, 6.45) is 6.00. The van der Waals surface area contributed by atoms with Crippen molar-refractivity contribution in [2.45, 2.75) is 38.0 Å². The van der Waals surface area contributed by atoms with Gasteiger partial charge in [0.05, 0.1) is 11.7 Å². The topological polar surface area (TPSA) is 63.2 Å². The number of carbonyl (C=O) groups excluding carboxylic acids is 1. The van der Waals surface area contributed by atoms with Gasteiger partial charge >= 0.3 is 0 Å². The fourth-order valence-corrected chi connectivity index (χ4v) is 5.03. The number of benzene rings is 1. The highest BCUT2D eigenvalue weighted by Gasteiger charge is 2.45. The van der Waals surface area contributed by atoms with Gasteiger partial charge in [0, 0.05) is 18.2 Å². The minimum atomic E-state index is -2.99. The van der Waals surface area contributed by atoms with Gasteiger partial charge in [-0.25, -0.2) is 8.42 Å². The maximum absolute atomic E-state index is 12.5. The van der Waals surface area contributed by atoms with E-state index in [0.29, 0.717) is 6.54 Å². The molecule has 2 aliphatic carbocycles. The number of carbonyl (C=O) groups is 1. The van der Waals surface area contributed by atoms with Crippen LogP contribution in [0.5, 0.6) is 0 Å². The highest BCUT2D eigenvalue weighted by molar-refractivity contribution is 7.90. The van der Waals surface area contributed by atoms with Crippen LogP contribution < -0.4 is 5.32 Å². The maximum atomic E-state index is 12.5. The van der Waals surface area contributed by atoms with Crippen LogP contribution in [0.25, 0.3) is 0 Å². The average Bonchev–Trinajstić information content (AvgIpc) is 3.22. The molecule has 1 saturated carbocycles. The largest absolute Gasteiger partial charge is 0.355 e. The summed E-state index contributed by atoms with van der Waals surface area (Å²) in [6.45, 7) is 0.484. The summed E-state index contributed by atoms with van der Waals surface area (Å²) in [6, 6.07) is 8.14. The Morgan fingerprint density at radius 1 is 1.32 bits per heavy atom. The van der Waals surface area contributed by atoms with Crippen molar-refractivity contribution in [2.24, 2.45) is 5.41 Å². The lowest BCUT2D eigenvalue weighted by atomic mass is 9.82. The molecule has 4 nitrogen and oxygen atoms in total. The van der Waals surface area contributed by atoms with Crippen molar-refractivity contribution in [3.05, 3.63) is 35.4 Å². The fourth-order valence-electron chi connectivity index (χ4n) is 3.53. The van der Waals surface area contributed by atoms with Gasteiger partial charge < -0.3 is 5.32 Å². The SMILES string of the molecule is CS(=O)(=O)CC1(CNC(=O)[C@H]2CCCc3ccccc32)CC1. The van der Waals surface area contributed by atoms with Gasteiger partial charge in [-0.15, -0.1) is 0 Å². The highest BCUT2D eigenvalue weighted by Crippen LogP contribution is 2.46. The number of sulfone groups is 1. The Morgan fingerprint density at radius 3 is 2.73 bits per heavy atom. The van der Waals surface area contributed by atoms with E-state index in [2.05, 4.69) is 11.4 Å². The van der Waals surface area contributed by atoms with Gasteiger partial charge in [-0.1, -0.05) is 24.3 Å². The molecule has 0 heterocycles. The number of fused-ring (bicyclic) bond motifs is 1. The average molecular weight is 321 g/mol. The highest BCUT2D eigenvalue weighted by atomic mass is 32.2. The second-order valence-electron chi connectivity index (χ2n) is 6.93. The van der Waals surface area contributed by atoms with Crippen molar-refractivity contribution in [1.82, 2.24) is 5.32 Å². The third kappa shape index (κ3) is 3.51. The van der Waals surface area contributed by atoms with Crippen molar-refractivity contribution in [3.8, 4) is 0 Å². The second-order valence-corrected chi connectivity index (χ2v) is 9.07. The van der Waals surface area contributed by atoms with Crippen LogP contribution in [0.2, 0.25) is 0 Å². The minimum absolute atomic E-state index is 0.0481. The van der Waals surface area contributed by atoms with Gasteiger partial charge in [0.1, 0.15) is 9.84 Å². The Bertz CT molecular complexity index is 677. The number of nitrogens with one attached hydrogen (secondary N) is 1. The predicted molar refractivity (Wildman–Crippen MR) is 86.5 cm³/mol. The smallest absolute Gasteiger partial charge is 0.227 e. The molecule has 1 N–H and O–H groups in total. The first-order valence-electron chi connectivity index (χ1n) is 7.92. The van der Waals surface area contributed by atoms with Gasteiger partial charge in [-0.3, -0.25) is 4.79 Å². The predicted octanol–water partition coefficient (Wildman–Crippen LogP) is 2.05. The van der Waals surface area contributed by atoms with E-state index in [1.807, 2.05) is 18.2 Å². The van der Waals surface area contributed by atoms with Gasteiger partial charge in [0.15, 0.2) is 0 Å². The summed E-state index contributed by atoms with van der Waals surface area (Å²) in [5, 5.41) is 3.02. The first-order valence-corrected chi connectivity index (χ1v) is 9.98. The van der Waals surface area contributed by atoms with E-state index in [0.717, 1.165) is 37.7 Å². The Hall–Kier alpha value is -1.36. The normalized spacial score (nSPS) is 22.7. The third-order valence-electron chi connectivity index (χ3n) is 4.85. The standard InChI is InChI=1S/C17H23NO3S/c1-22(20,21)12-17(9-10-17)11-18-16(19)15-8-4-6-13-5-2-3-7-14(13)15/h2-3,5,7,15H,4,6,8-12H2,1H3,(H,18,19)/t15-/m0/s1. The lowest BCUT2D eigenvalue weighted by Crippen LogP contribution is -2.37. The maximum Gasteiger partial charge on any atom is 0.227 e. The van der Waals surface area contributed by atoms with Crippen LogP contribution in [0.4, 0.5) is 0 Å². The molecular weight excluding hydrogens is 298 g/mol. The zero-order valence-electron chi connectivity index (χ0n) is 13.0. The molecule has 2 aliphatic rings. The van der Waals surface area contributed by atoms with Crippen molar-refractivity contribution in [1.29, 1.82) is 0 Å². The number of aryl methyl sites for hydroxylation is 1. The van der Waals surface area contributed by atoms with Gasteiger partial charge in [0.2, 0.25) is 5.91 Å². The Morgan fingerprint density at radius 2 is 2.05 bits per heavy atom. The number of rotatable bonds is 5. The summed E-state index contributed by atoms with van der Waals surface area (Å²) in [7, 11) is -2.99. The number of hydrogen-bond donors (Lipinski definition) is 1. The van der Waals surface area contributed by atoms with Crippen LogP contribution in [0, 0.1) is 5.41 Å². The van der Waals surface area contributed by atoms with E-state index in [9.17, 15) is 13.2 Å². The Kier molecular flexibility index (Phi) is 4.02. The molecule has 0 aliphatic heterocycles. The Balaban J connectivity index is 1.64. The summed E-state index contributed by atoms with van der Waals surface area (Å²) in [5.74, 6) is 0.146. The van der Waals surface area contributed by atoms with E-state index in [-0.39, 0.29) is 23.0 Å². The minimum Gasteiger partial charge on any atom is -0.355 e. The van der Waals surface area contributed by atoms with Crippen molar-refractivity contribution in [3.63, 3.8) is 0 Å². The first kappa shape index (κ1) is 15.5. The van der Waals surface area contributed by atoms with Crippen molar-refractivity contribution >= 4 is 15.7 Å². The molecule has 3 rings (SSSR count). The van der Waals surface area contributed by atoms with E-state index < -0.39 is 9.84 Å². The molecule has 22 heavy (non-hydrogen) atoms. The van der Waals surface area contributed by atoms with Gasteiger partial charge in [-0.05, 0) is 43.2 Å². The summed E-state index contributed by atoms with van der Waals surface area (Å²) >= 11 is 0. The Labute approximate surface area is 132 Å². The van der Waals surface area contributed by atoms with Crippen molar-refractivity contribution < 1.29 is 13.2 Å². The molecule has 0 radical (unpaired) electrons. The van der Waals surface area contributed by atoms with E-state index in [1.54, 1.807) is 0 Å². The van der Waals surface area contributed by atoms with Crippen LogP contribution in [0.3, 0.4) is 0 Å². The van der Waals surface area contributed by atoms with E-state index in [1.165, 1.54) is 11.8 Å².